The standard InChI is InChI=1S/C45H67N9O14S2.C9H9N/c1-25(55)36(42(64)52-33(24-70-69-6)41(63)54-37(26(2)56)43(65)66)53-40(62)31(14-10-11-19-47-44(67)68-45(3,4)5)50-34(58)23-49-39(61)32(21-28-15-17-29(57)18-16-28)51-35(59)22-48-38(60)30(46)20-27-12-8-7-9-13-27;1-7-6-10-9-5-3-2-4-8(7)9/h7-9,12-13,15-18,25-26,30-33,36-37,55-57H,10-11,14,19-24,46H2,1-6H3,(H,47,67)(H,48,60)(H,49,61)(H,50,58)(H,51,59)(H,52,64)(H,53,62)(H,54,63)(H,65,66);2-6,10H,1H3/t25?,26?,30-,31?,32?,33+,36?,37?;/m1./s1. The van der Waals surface area contributed by atoms with Gasteiger partial charge in [-0.15, -0.1) is 0 Å². The number of aromatic amines is 1. The summed E-state index contributed by atoms with van der Waals surface area (Å²) in [6, 6.07) is 14.5. The minimum atomic E-state index is -1.73. The minimum absolute atomic E-state index is 0.0558. The summed E-state index contributed by atoms with van der Waals surface area (Å²) in [6.45, 7) is 8.33. The van der Waals surface area contributed by atoms with E-state index in [1.54, 1.807) is 51.3 Å². The molecule has 26 heteroatoms. The summed E-state index contributed by atoms with van der Waals surface area (Å²) in [5.74, 6) is -7.79. The molecule has 0 saturated carbocycles. The fraction of sp³-hybridized carbons (Fsp3) is 0.463. The Hall–Kier alpha value is -7.39. The summed E-state index contributed by atoms with van der Waals surface area (Å²) < 4.78 is 5.23. The van der Waals surface area contributed by atoms with Gasteiger partial charge in [0.2, 0.25) is 41.4 Å². The van der Waals surface area contributed by atoms with Crippen LogP contribution in [0.25, 0.3) is 10.9 Å². The number of fused-ring (bicyclic) bond motifs is 1. The van der Waals surface area contributed by atoms with Crippen molar-refractivity contribution in [3.63, 3.8) is 0 Å². The molecule has 8 atom stereocenters. The Morgan fingerprint density at radius 2 is 1.21 bits per heavy atom. The third-order valence-electron chi connectivity index (χ3n) is 11.6. The van der Waals surface area contributed by atoms with Crippen LogP contribution in [-0.4, -0.2) is 165 Å². The molecule has 0 spiro atoms. The van der Waals surface area contributed by atoms with Crippen molar-refractivity contribution in [1.29, 1.82) is 0 Å². The molecule has 80 heavy (non-hydrogen) atoms. The van der Waals surface area contributed by atoms with Crippen molar-refractivity contribution in [3.8, 4) is 5.75 Å². The van der Waals surface area contributed by atoms with Crippen LogP contribution in [-0.2, 0) is 55.9 Å². The van der Waals surface area contributed by atoms with E-state index in [-0.39, 0.29) is 50.2 Å². The predicted octanol–water partition coefficient (Wildman–Crippen LogP) is 1.19. The van der Waals surface area contributed by atoms with Gasteiger partial charge in [-0.2, -0.15) is 0 Å². The van der Waals surface area contributed by atoms with E-state index in [1.165, 1.54) is 58.4 Å². The van der Waals surface area contributed by atoms with Gasteiger partial charge in [-0.1, -0.05) is 82.3 Å². The van der Waals surface area contributed by atoms with Crippen LogP contribution in [0.2, 0.25) is 0 Å². The van der Waals surface area contributed by atoms with Gasteiger partial charge in [-0.25, -0.2) is 9.59 Å². The first-order valence-corrected chi connectivity index (χ1v) is 28.4. The number of hydrogen-bond donors (Lipinski definition) is 14. The number of carboxylic acid groups (broad SMARTS) is 1. The monoisotopic (exact) mass is 1150 g/mol. The number of nitrogens with two attached hydrogens (primary N) is 1. The van der Waals surface area contributed by atoms with Crippen molar-refractivity contribution in [2.24, 2.45) is 5.73 Å². The van der Waals surface area contributed by atoms with Gasteiger partial charge in [0.25, 0.3) is 0 Å². The zero-order valence-electron chi connectivity index (χ0n) is 45.8. The number of nitrogens with one attached hydrogen (secondary N) is 9. The summed E-state index contributed by atoms with van der Waals surface area (Å²) in [4.78, 5) is 120. The number of aliphatic hydroxyl groups is 2. The van der Waals surface area contributed by atoms with E-state index in [2.05, 4.69) is 72.6 Å². The van der Waals surface area contributed by atoms with Crippen LogP contribution in [0, 0.1) is 6.92 Å². The zero-order chi connectivity index (χ0) is 59.5. The van der Waals surface area contributed by atoms with Crippen molar-refractivity contribution in [2.45, 2.75) is 128 Å². The highest BCUT2D eigenvalue weighted by Crippen LogP contribution is 2.19. The molecule has 1 heterocycles. The number of carbonyl (C=O) groups is 9. The van der Waals surface area contributed by atoms with Gasteiger partial charge >= 0.3 is 12.1 Å². The number of phenolic OH excluding ortho intramolecular Hbond substituents is 1. The molecule has 0 fully saturated rings. The number of amides is 8. The highest BCUT2D eigenvalue weighted by Gasteiger charge is 2.35. The van der Waals surface area contributed by atoms with E-state index in [9.17, 15) is 63.6 Å². The van der Waals surface area contributed by atoms with Crippen LogP contribution in [0.3, 0.4) is 0 Å². The summed E-state index contributed by atoms with van der Waals surface area (Å²) in [5, 5.41) is 60.5. The van der Waals surface area contributed by atoms with Crippen molar-refractivity contribution in [1.82, 2.24) is 47.5 Å². The van der Waals surface area contributed by atoms with Gasteiger partial charge in [0.05, 0.1) is 31.3 Å². The molecular formula is C54H76N10O14S2. The van der Waals surface area contributed by atoms with E-state index in [1.807, 2.05) is 18.3 Å². The van der Waals surface area contributed by atoms with Gasteiger partial charge in [0.1, 0.15) is 35.5 Å². The Morgan fingerprint density at radius 1 is 0.650 bits per heavy atom. The lowest BCUT2D eigenvalue weighted by molar-refractivity contribution is -0.145. The fourth-order valence-electron chi connectivity index (χ4n) is 7.46. The number of phenols is 1. The lowest BCUT2D eigenvalue weighted by Crippen LogP contribution is -2.61. The van der Waals surface area contributed by atoms with Crippen molar-refractivity contribution >= 4 is 85.9 Å². The Bertz CT molecular complexity index is 2670. The number of carboxylic acids is 1. The number of hydrogen-bond acceptors (Lipinski definition) is 16. The summed E-state index contributed by atoms with van der Waals surface area (Å²) >= 11 is 0. The SMILES string of the molecule is CSSC[C@H](NC(=O)C(NC(=O)C(CCCCNC(=O)OC(C)(C)C)NC(=O)CNC(=O)C(Cc1ccc(O)cc1)NC(=O)CNC(=O)[C@H](N)Cc1ccccc1)C(C)O)C(=O)NC(C(=O)O)C(C)O.Cc1c[nH]c2ccccc12. The van der Waals surface area contributed by atoms with Crippen LogP contribution >= 0.6 is 21.6 Å². The molecule has 15 N–H and O–H groups in total. The highest BCUT2D eigenvalue weighted by molar-refractivity contribution is 8.76. The van der Waals surface area contributed by atoms with Gasteiger partial charge in [-0.3, -0.25) is 33.6 Å². The lowest BCUT2D eigenvalue weighted by Gasteiger charge is -2.27. The normalized spacial score (nSPS) is 14.1. The molecule has 0 bridgehead atoms. The molecule has 6 unspecified atom stereocenters. The van der Waals surface area contributed by atoms with Gasteiger partial charge in [0, 0.05) is 35.8 Å². The van der Waals surface area contributed by atoms with Crippen molar-refractivity contribution < 1.29 is 68.3 Å². The topological polar surface area (TPSA) is 382 Å². The molecule has 0 aliphatic carbocycles. The zero-order valence-corrected chi connectivity index (χ0v) is 47.5. The Kier molecular flexibility index (Phi) is 28.4. The van der Waals surface area contributed by atoms with E-state index in [0.29, 0.717) is 5.56 Å². The highest BCUT2D eigenvalue weighted by atomic mass is 33.1. The van der Waals surface area contributed by atoms with E-state index in [4.69, 9.17) is 10.5 Å². The van der Waals surface area contributed by atoms with Gasteiger partial charge in [-0.05, 0) is 108 Å². The largest absolute Gasteiger partial charge is 0.508 e. The maximum atomic E-state index is 13.9. The fourth-order valence-corrected chi connectivity index (χ4v) is 8.79. The number of aliphatic hydroxyl groups excluding tert-OH is 2. The molecule has 24 nitrogen and oxygen atoms in total. The smallest absolute Gasteiger partial charge is 0.407 e. The van der Waals surface area contributed by atoms with Crippen LogP contribution < -0.4 is 48.3 Å². The van der Waals surface area contributed by atoms with Gasteiger partial charge < -0.3 is 78.4 Å². The molecule has 0 aliphatic heterocycles. The molecule has 4 aromatic rings. The molecule has 0 radical (unpaired) electrons. The van der Waals surface area contributed by atoms with Crippen LogP contribution in [0.1, 0.15) is 70.6 Å². The summed E-state index contributed by atoms with van der Waals surface area (Å²) in [7, 11) is 2.36. The minimum Gasteiger partial charge on any atom is -0.508 e. The van der Waals surface area contributed by atoms with E-state index < -0.39 is 121 Å². The van der Waals surface area contributed by atoms with E-state index in [0.717, 1.165) is 23.3 Å². The Morgan fingerprint density at radius 3 is 1.80 bits per heavy atom. The van der Waals surface area contributed by atoms with Crippen LogP contribution in [0.15, 0.2) is 85.1 Å². The summed E-state index contributed by atoms with van der Waals surface area (Å²) in [6.07, 6.45) is 0.415. The number of H-pyrrole nitrogens is 1. The first-order chi connectivity index (χ1) is 37.8. The molecule has 0 saturated heterocycles. The Balaban J connectivity index is 0.00000149. The molecule has 4 rings (SSSR count). The number of aliphatic carboxylic acids is 1. The average molecular weight is 1150 g/mol. The molecular weight excluding hydrogens is 1080 g/mol. The number of aromatic hydroxyl groups is 1. The second-order valence-electron chi connectivity index (χ2n) is 19.6. The van der Waals surface area contributed by atoms with E-state index >= 15 is 0 Å². The second kappa shape index (κ2) is 33.9. The Labute approximate surface area is 472 Å². The van der Waals surface area contributed by atoms with Gasteiger partial charge in [0.15, 0.2) is 6.04 Å². The number of unbranched alkanes of at least 4 members (excludes halogenated alkanes) is 1. The number of ether oxygens (including phenoxy) is 1. The number of para-hydroxylation sites is 1. The number of carbonyl (C=O) groups excluding carboxylic acids is 8. The lowest BCUT2D eigenvalue weighted by atomic mass is 10.0. The third kappa shape index (κ3) is 24.7. The molecule has 1 aromatic heterocycles. The predicted molar refractivity (Wildman–Crippen MR) is 304 cm³/mol. The number of alkyl carbamates (subject to hydrolysis) is 1. The molecule has 8 amide bonds. The molecule has 0 aliphatic rings. The average Bonchev–Trinajstić information content (AvgIpc) is 3.80. The first-order valence-electron chi connectivity index (χ1n) is 25.6. The summed E-state index contributed by atoms with van der Waals surface area (Å²) in [5.41, 5.74) is 9.12. The third-order valence-corrected chi connectivity index (χ3v) is 13.5. The first kappa shape index (κ1) is 66.9. The van der Waals surface area contributed by atoms with Crippen molar-refractivity contribution in [3.05, 3.63) is 102 Å². The number of aryl methyl sites for hydroxylation is 1. The number of benzene rings is 3. The number of aromatic nitrogens is 1. The quantitative estimate of drug-likeness (QED) is 0.0268. The molecule has 3 aromatic carbocycles. The van der Waals surface area contributed by atoms with Crippen molar-refractivity contribution in [2.75, 3.05) is 31.6 Å². The maximum absolute atomic E-state index is 13.9. The maximum Gasteiger partial charge on any atom is 0.407 e. The molecule has 438 valence electrons. The van der Waals surface area contributed by atoms with Crippen LogP contribution in [0.4, 0.5) is 4.79 Å². The second-order valence-corrected chi connectivity index (χ2v) is 22.2. The van der Waals surface area contributed by atoms with Crippen LogP contribution in [0.5, 0.6) is 5.75 Å². The number of rotatable bonds is 29.